The van der Waals surface area contributed by atoms with Gasteiger partial charge < -0.3 is 38.0 Å². The van der Waals surface area contributed by atoms with Crippen molar-refractivity contribution < 1.29 is 51.7 Å². The molecule has 0 amide bonds. The van der Waals surface area contributed by atoms with Crippen molar-refractivity contribution in [3.05, 3.63) is 79.8 Å². The van der Waals surface area contributed by atoms with Gasteiger partial charge in [0.05, 0.1) is 30.7 Å². The van der Waals surface area contributed by atoms with Gasteiger partial charge in [-0.2, -0.15) is 0 Å². The fraction of sp³-hybridized carbons (Fsp3) is 0.587. The van der Waals surface area contributed by atoms with Gasteiger partial charge in [0, 0.05) is 54.7 Å². The zero-order valence-corrected chi connectivity index (χ0v) is 35.8. The van der Waals surface area contributed by atoms with Gasteiger partial charge in [0.1, 0.15) is 22.6 Å². The minimum absolute atomic E-state index is 0.103. The lowest BCUT2D eigenvalue weighted by Crippen LogP contribution is -2.69. The number of ether oxygens (including phenoxy) is 2. The van der Waals surface area contributed by atoms with Crippen LogP contribution in [0, 0.1) is 41.3 Å². The molecule has 62 heavy (non-hydrogen) atoms. The van der Waals surface area contributed by atoms with E-state index in [0.717, 1.165) is 18.9 Å². The topological polar surface area (TPSA) is 182 Å². The van der Waals surface area contributed by atoms with Crippen molar-refractivity contribution in [1.29, 1.82) is 0 Å². The van der Waals surface area contributed by atoms with Gasteiger partial charge in [0.2, 0.25) is 11.2 Å². The molecule has 5 aliphatic carbocycles. The number of pyridine rings is 1. The summed E-state index contributed by atoms with van der Waals surface area (Å²) in [4.78, 5) is 70.1. The Morgan fingerprint density at radius 1 is 1.06 bits per heavy atom. The van der Waals surface area contributed by atoms with E-state index in [1.807, 2.05) is 11.8 Å². The number of aliphatic hydroxyl groups excluding tert-OH is 1. The average Bonchev–Trinajstić information content (AvgIpc) is 3.99. The Morgan fingerprint density at radius 2 is 1.81 bits per heavy atom. The molecule has 0 spiro atoms. The maximum Gasteiger partial charge on any atom is 0.519 e. The van der Waals surface area contributed by atoms with Crippen LogP contribution >= 0.6 is 0 Å². The second kappa shape index (κ2) is 14.6. The summed E-state index contributed by atoms with van der Waals surface area (Å²) in [5.74, 6) is -4.70. The van der Waals surface area contributed by atoms with Crippen molar-refractivity contribution in [3.8, 4) is 5.75 Å². The van der Waals surface area contributed by atoms with Crippen LogP contribution in [0.5, 0.6) is 5.75 Å². The third-order valence-electron chi connectivity index (χ3n) is 15.8. The normalized spacial score (nSPS) is 34.4. The standard InChI is InChI=1S/C46H53F2N3O11/c1-23-15-32-31-10-7-26-16-28(52)11-12-43(26,4)45(31,48)35(53)18-44(32,5)46(23,58)36(54)22-60-41(56)30-20-51(27-8-9-27)37-29(39(30)55)17-33(47)38(40(37)59-6)50-14-13-49(24(2)19-50)21-34-25(3)61-42(57)62-34/h11-12,16-17,20,23-24,27,31-32,35,53,58H,7-10,13-15,18-19,21-22H2,1-6H3/t23-,24?,31+,32+,35+,43+,44+,45+,46+/m1/s1. The summed E-state index contributed by atoms with van der Waals surface area (Å²) in [6, 6.07) is 0.861. The lowest BCUT2D eigenvalue weighted by Gasteiger charge is -2.62. The van der Waals surface area contributed by atoms with E-state index in [2.05, 4.69) is 4.90 Å². The van der Waals surface area contributed by atoms with E-state index in [1.165, 1.54) is 25.5 Å². The molecule has 14 nitrogen and oxygen atoms in total. The number of alkyl halides is 1. The van der Waals surface area contributed by atoms with Crippen LogP contribution in [0.1, 0.15) is 94.1 Å². The number of hydrogen-bond donors (Lipinski definition) is 2. The number of rotatable bonds is 9. The third kappa shape index (κ3) is 5.98. The van der Waals surface area contributed by atoms with Gasteiger partial charge in [0.25, 0.3) is 0 Å². The number of nitrogens with zero attached hydrogens (tertiary/aromatic N) is 3. The Morgan fingerprint density at radius 3 is 2.47 bits per heavy atom. The molecule has 3 heterocycles. The second-order valence-electron chi connectivity index (χ2n) is 19.0. The van der Waals surface area contributed by atoms with Crippen LogP contribution in [0.15, 0.2) is 54.5 Å². The second-order valence-corrected chi connectivity index (χ2v) is 19.0. The maximum absolute atomic E-state index is 17.7. The molecule has 9 atom stereocenters. The van der Waals surface area contributed by atoms with E-state index in [-0.39, 0.29) is 47.5 Å². The number of carbonyl (C=O) groups excluding carboxylic acids is 3. The number of benzene rings is 1. The van der Waals surface area contributed by atoms with Crippen molar-refractivity contribution >= 4 is 34.1 Å². The van der Waals surface area contributed by atoms with E-state index in [1.54, 1.807) is 38.3 Å². The molecule has 2 N–H and O–H groups in total. The molecule has 332 valence electrons. The molecule has 4 saturated carbocycles. The van der Waals surface area contributed by atoms with Crippen molar-refractivity contribution in [2.24, 2.45) is 28.6 Å². The van der Waals surface area contributed by atoms with Crippen LogP contribution in [0.2, 0.25) is 0 Å². The highest BCUT2D eigenvalue weighted by molar-refractivity contribution is 6.01. The molecule has 2 aromatic heterocycles. The minimum Gasteiger partial charge on any atom is -0.492 e. The molecule has 1 unspecified atom stereocenters. The smallest absolute Gasteiger partial charge is 0.492 e. The Bertz CT molecular complexity index is 2590. The van der Waals surface area contributed by atoms with Gasteiger partial charge in [-0.05, 0) is 89.4 Å². The number of aliphatic hydroxyl groups is 2. The number of aromatic nitrogens is 1. The quantitative estimate of drug-likeness (QED) is 0.271. The number of halogens is 2. The van der Waals surface area contributed by atoms with Crippen molar-refractivity contribution in [2.75, 3.05) is 38.3 Å². The van der Waals surface area contributed by atoms with Crippen LogP contribution < -0.4 is 20.9 Å². The van der Waals surface area contributed by atoms with Crippen LogP contribution in [-0.2, 0) is 20.9 Å². The summed E-state index contributed by atoms with van der Waals surface area (Å²) in [7, 11) is 1.40. The molecule has 1 aliphatic heterocycles. The first-order valence-electron chi connectivity index (χ1n) is 21.6. The molecule has 0 bridgehead atoms. The van der Waals surface area contributed by atoms with Gasteiger partial charge in [0.15, 0.2) is 35.4 Å². The van der Waals surface area contributed by atoms with E-state index in [0.29, 0.717) is 61.6 Å². The van der Waals surface area contributed by atoms with Crippen LogP contribution in [0.4, 0.5) is 14.5 Å². The summed E-state index contributed by atoms with van der Waals surface area (Å²) >= 11 is 0. The summed E-state index contributed by atoms with van der Waals surface area (Å²) in [5, 5.41) is 24.1. The van der Waals surface area contributed by atoms with E-state index in [9.17, 15) is 34.2 Å². The van der Waals surface area contributed by atoms with Gasteiger partial charge in [-0.25, -0.2) is 18.4 Å². The van der Waals surface area contributed by atoms with Crippen LogP contribution in [0.25, 0.3) is 10.9 Å². The van der Waals surface area contributed by atoms with E-state index >= 15 is 8.78 Å². The first-order valence-corrected chi connectivity index (χ1v) is 21.6. The van der Waals surface area contributed by atoms with Gasteiger partial charge >= 0.3 is 11.8 Å². The number of piperazine rings is 1. The van der Waals surface area contributed by atoms with Crippen molar-refractivity contribution in [2.45, 2.75) is 109 Å². The zero-order chi connectivity index (χ0) is 44.4. The maximum atomic E-state index is 17.7. The van der Waals surface area contributed by atoms with E-state index < -0.39 is 86.9 Å². The minimum atomic E-state index is -2.16. The molecule has 1 aromatic carbocycles. The van der Waals surface area contributed by atoms with Crippen molar-refractivity contribution in [3.63, 3.8) is 0 Å². The van der Waals surface area contributed by atoms with Crippen LogP contribution in [0.3, 0.4) is 0 Å². The number of anilines is 1. The number of aryl methyl sites for hydroxylation is 1. The number of fused-ring (bicyclic) bond motifs is 6. The van der Waals surface area contributed by atoms with Crippen molar-refractivity contribution in [1.82, 2.24) is 9.47 Å². The highest BCUT2D eigenvalue weighted by atomic mass is 19.1. The number of carbonyl (C=O) groups is 3. The molecule has 6 aliphatic rings. The number of Topliss-reactive ketones (excluding diaryl/α,β-unsaturated/α-hetero) is 1. The summed E-state index contributed by atoms with van der Waals surface area (Å²) in [5.41, 5.74) is -6.95. The molecule has 0 radical (unpaired) electrons. The summed E-state index contributed by atoms with van der Waals surface area (Å²) in [6.45, 7) is 9.38. The number of allylic oxidation sites excluding steroid dienone is 4. The fourth-order valence-corrected chi connectivity index (χ4v) is 12.3. The van der Waals surface area contributed by atoms with E-state index in [4.69, 9.17) is 18.3 Å². The first kappa shape index (κ1) is 42.4. The summed E-state index contributed by atoms with van der Waals surface area (Å²) in [6.07, 6.45) is 6.32. The molecular weight excluding hydrogens is 809 g/mol. The van der Waals surface area contributed by atoms with Crippen LogP contribution in [-0.4, -0.2) is 94.0 Å². The first-order chi connectivity index (χ1) is 29.3. The molecule has 16 heteroatoms. The highest BCUT2D eigenvalue weighted by Gasteiger charge is 2.75. The molecular formula is C46H53F2N3O11. The summed E-state index contributed by atoms with van der Waals surface area (Å²) < 4.78 is 57.4. The number of esters is 1. The molecule has 9 rings (SSSR count). The largest absolute Gasteiger partial charge is 0.519 e. The Labute approximate surface area is 356 Å². The highest BCUT2D eigenvalue weighted by Crippen LogP contribution is 2.70. The molecule has 1 saturated heterocycles. The fourth-order valence-electron chi connectivity index (χ4n) is 12.3. The lowest BCUT2D eigenvalue weighted by atomic mass is 9.44. The van der Waals surface area contributed by atoms with Gasteiger partial charge in [-0.1, -0.05) is 25.5 Å². The lowest BCUT2D eigenvalue weighted by molar-refractivity contribution is -0.219. The Kier molecular flexibility index (Phi) is 9.95. The monoisotopic (exact) mass is 861 g/mol. The number of hydrogen-bond acceptors (Lipinski definition) is 13. The molecule has 5 fully saturated rings. The Balaban J connectivity index is 0.969. The number of methoxy groups -OCH3 is 1. The number of ketones is 2. The average molecular weight is 862 g/mol. The van der Waals surface area contributed by atoms with Gasteiger partial charge in [-0.15, -0.1) is 0 Å². The Hall–Kier alpha value is -4.93. The third-order valence-corrected chi connectivity index (χ3v) is 15.8. The molecule has 3 aromatic rings. The van der Waals surface area contributed by atoms with Gasteiger partial charge in [-0.3, -0.25) is 19.3 Å². The predicted octanol–water partition coefficient (Wildman–Crippen LogP) is 5.12. The zero-order valence-electron chi connectivity index (χ0n) is 35.8. The SMILES string of the molecule is COc1c(N2CCN(Cc3oc(=O)oc3C)C(C)C2)c(F)cc2c(=O)c(C(=O)OCC(=O)[C@@]3(O)[C@H](C)C[C@H]4[C@@H]5CCC6=CC(=O)C=C[C@]6(C)[C@@]5(F)[C@@H](O)C[C@@]43C)cn(C3CC3)c12. The predicted molar refractivity (Wildman–Crippen MR) is 220 cm³/mol.